The molecule has 1 fully saturated rings. The summed E-state index contributed by atoms with van der Waals surface area (Å²) in [5, 5.41) is 0. The molecule has 1 saturated heterocycles. The number of amides is 1. The van der Waals surface area contributed by atoms with Crippen LogP contribution < -0.4 is 4.74 Å². The van der Waals surface area contributed by atoms with E-state index in [1.54, 1.807) is 12.1 Å². The van der Waals surface area contributed by atoms with Crippen LogP contribution in [0.25, 0.3) is 5.65 Å². The number of hydrogen-bond donors (Lipinski definition) is 0. The Balaban J connectivity index is 1.31. The van der Waals surface area contributed by atoms with E-state index in [1.807, 2.05) is 11.8 Å². The highest BCUT2D eigenvalue weighted by Gasteiger charge is 2.23. The van der Waals surface area contributed by atoms with Gasteiger partial charge in [-0.15, -0.1) is 0 Å². The molecule has 3 heterocycles. The molecule has 1 aliphatic heterocycles. The number of rotatable bonds is 6. The first-order valence-corrected chi connectivity index (χ1v) is 10.4. The Hall–Kier alpha value is -3.00. The molecule has 0 spiro atoms. The number of ether oxygens (including phenoxy) is 1. The molecule has 1 aromatic carbocycles. The zero-order chi connectivity index (χ0) is 22.0. The SMILES string of the molecule is Cc1ccn2c(CN3CCN(C(=O)Cc4ccc(OC(F)F)cc4)CC3)c(C)nc2c1. The summed E-state index contributed by atoms with van der Waals surface area (Å²) in [7, 11) is 0. The Kier molecular flexibility index (Phi) is 6.18. The highest BCUT2D eigenvalue weighted by molar-refractivity contribution is 5.79. The number of hydrogen-bond acceptors (Lipinski definition) is 4. The number of imidazole rings is 1. The summed E-state index contributed by atoms with van der Waals surface area (Å²) in [4.78, 5) is 21.5. The van der Waals surface area contributed by atoms with Gasteiger partial charge in [-0.1, -0.05) is 12.1 Å². The minimum atomic E-state index is -2.85. The molecular formula is C23H26F2N4O2. The molecule has 0 N–H and O–H groups in total. The van der Waals surface area contributed by atoms with Gasteiger partial charge < -0.3 is 14.0 Å². The lowest BCUT2D eigenvalue weighted by molar-refractivity contribution is -0.132. The molecule has 0 saturated carbocycles. The van der Waals surface area contributed by atoms with Crippen molar-refractivity contribution in [3.05, 3.63) is 65.1 Å². The van der Waals surface area contributed by atoms with Crippen molar-refractivity contribution in [2.75, 3.05) is 26.2 Å². The quantitative estimate of drug-likeness (QED) is 0.604. The average molecular weight is 428 g/mol. The number of pyridine rings is 1. The maximum absolute atomic E-state index is 12.7. The predicted octanol–water partition coefficient (Wildman–Crippen LogP) is 3.44. The fourth-order valence-corrected chi connectivity index (χ4v) is 3.95. The number of aromatic nitrogens is 2. The van der Waals surface area contributed by atoms with Gasteiger partial charge in [0.2, 0.25) is 5.91 Å². The van der Waals surface area contributed by atoms with Gasteiger partial charge in [0.25, 0.3) is 0 Å². The largest absolute Gasteiger partial charge is 0.435 e. The molecule has 0 radical (unpaired) electrons. The molecule has 4 rings (SSSR count). The highest BCUT2D eigenvalue weighted by atomic mass is 19.3. The molecule has 0 bridgehead atoms. The first-order chi connectivity index (χ1) is 14.9. The zero-order valence-electron chi connectivity index (χ0n) is 17.7. The lowest BCUT2D eigenvalue weighted by Gasteiger charge is -2.34. The Morgan fingerprint density at radius 2 is 1.81 bits per heavy atom. The molecule has 8 heteroatoms. The highest BCUT2D eigenvalue weighted by Crippen LogP contribution is 2.18. The van der Waals surface area contributed by atoms with Crippen LogP contribution in [0.5, 0.6) is 5.75 Å². The van der Waals surface area contributed by atoms with Gasteiger partial charge in [0.15, 0.2) is 0 Å². The van der Waals surface area contributed by atoms with Crippen molar-refractivity contribution in [3.63, 3.8) is 0 Å². The molecule has 0 aliphatic carbocycles. The fraction of sp³-hybridized carbons (Fsp3) is 0.391. The van der Waals surface area contributed by atoms with E-state index in [4.69, 9.17) is 0 Å². The summed E-state index contributed by atoms with van der Waals surface area (Å²) in [5.74, 6) is 0.140. The van der Waals surface area contributed by atoms with Crippen molar-refractivity contribution in [2.24, 2.45) is 0 Å². The van der Waals surface area contributed by atoms with Crippen LogP contribution in [-0.2, 0) is 17.8 Å². The van der Waals surface area contributed by atoms with Crippen molar-refractivity contribution in [2.45, 2.75) is 33.4 Å². The van der Waals surface area contributed by atoms with Crippen LogP contribution in [0, 0.1) is 13.8 Å². The maximum atomic E-state index is 12.7. The molecule has 1 amide bonds. The number of nitrogens with zero attached hydrogens (tertiary/aromatic N) is 4. The smallest absolute Gasteiger partial charge is 0.387 e. The van der Waals surface area contributed by atoms with Crippen LogP contribution >= 0.6 is 0 Å². The first kappa shape index (κ1) is 21.2. The van der Waals surface area contributed by atoms with Gasteiger partial charge in [-0.25, -0.2) is 4.98 Å². The van der Waals surface area contributed by atoms with Crippen LogP contribution in [0.3, 0.4) is 0 Å². The summed E-state index contributed by atoms with van der Waals surface area (Å²) in [5.41, 5.74) is 5.15. The minimum absolute atomic E-state index is 0.0450. The maximum Gasteiger partial charge on any atom is 0.387 e. The second kappa shape index (κ2) is 9.01. The van der Waals surface area contributed by atoms with Crippen molar-refractivity contribution >= 4 is 11.6 Å². The van der Waals surface area contributed by atoms with Gasteiger partial charge in [0.1, 0.15) is 11.4 Å². The van der Waals surface area contributed by atoms with Crippen molar-refractivity contribution in [1.29, 1.82) is 0 Å². The Labute approximate surface area is 180 Å². The second-order valence-corrected chi connectivity index (χ2v) is 7.93. The van der Waals surface area contributed by atoms with E-state index >= 15 is 0 Å². The van der Waals surface area contributed by atoms with E-state index in [1.165, 1.54) is 23.4 Å². The second-order valence-electron chi connectivity index (χ2n) is 7.93. The topological polar surface area (TPSA) is 50.1 Å². The third-order valence-electron chi connectivity index (χ3n) is 5.68. The first-order valence-electron chi connectivity index (χ1n) is 10.4. The van der Waals surface area contributed by atoms with Gasteiger partial charge in [-0.05, 0) is 49.2 Å². The third kappa shape index (κ3) is 5.02. The monoisotopic (exact) mass is 428 g/mol. The molecule has 6 nitrogen and oxygen atoms in total. The molecule has 31 heavy (non-hydrogen) atoms. The Bertz CT molecular complexity index is 1060. The molecule has 0 atom stereocenters. The summed E-state index contributed by atoms with van der Waals surface area (Å²) >= 11 is 0. The van der Waals surface area contributed by atoms with E-state index in [2.05, 4.69) is 44.3 Å². The predicted molar refractivity (Wildman–Crippen MR) is 113 cm³/mol. The summed E-state index contributed by atoms with van der Waals surface area (Å²) in [6.07, 6.45) is 2.32. The van der Waals surface area contributed by atoms with Gasteiger partial charge in [0.05, 0.1) is 17.8 Å². The molecule has 3 aromatic rings. The molecular weight excluding hydrogens is 402 g/mol. The molecule has 164 valence electrons. The van der Waals surface area contributed by atoms with Crippen LogP contribution in [0.4, 0.5) is 8.78 Å². The van der Waals surface area contributed by atoms with E-state index in [0.717, 1.165) is 36.5 Å². The summed E-state index contributed by atoms with van der Waals surface area (Å²) in [6.45, 7) is 4.97. The lowest BCUT2D eigenvalue weighted by Crippen LogP contribution is -2.48. The molecule has 0 unspecified atom stereocenters. The van der Waals surface area contributed by atoms with Crippen molar-refractivity contribution < 1.29 is 18.3 Å². The number of benzene rings is 1. The number of carbonyl (C=O) groups excluding carboxylic acids is 1. The number of carbonyl (C=O) groups is 1. The number of aryl methyl sites for hydroxylation is 2. The van der Waals surface area contributed by atoms with E-state index in [9.17, 15) is 13.6 Å². The van der Waals surface area contributed by atoms with Crippen molar-refractivity contribution in [3.8, 4) is 5.75 Å². The van der Waals surface area contributed by atoms with Gasteiger partial charge in [0, 0.05) is 38.9 Å². The van der Waals surface area contributed by atoms with Crippen LogP contribution in [0.1, 0.15) is 22.5 Å². The standard InChI is InChI=1S/C23H26F2N4O2/c1-16-7-8-29-20(17(2)26-21(29)13-16)15-27-9-11-28(12-10-27)22(30)14-18-3-5-19(6-4-18)31-23(24)25/h3-8,13,23H,9-12,14-15H2,1-2H3. The van der Waals surface area contributed by atoms with Gasteiger partial charge in [-0.3, -0.25) is 9.69 Å². The van der Waals surface area contributed by atoms with E-state index in [0.29, 0.717) is 13.1 Å². The van der Waals surface area contributed by atoms with Crippen LogP contribution in [-0.4, -0.2) is 57.9 Å². The Morgan fingerprint density at radius 1 is 1.10 bits per heavy atom. The number of fused-ring (bicyclic) bond motifs is 1. The number of alkyl halides is 2. The lowest BCUT2D eigenvalue weighted by atomic mass is 10.1. The van der Waals surface area contributed by atoms with E-state index < -0.39 is 6.61 Å². The van der Waals surface area contributed by atoms with Gasteiger partial charge in [-0.2, -0.15) is 8.78 Å². The van der Waals surface area contributed by atoms with Crippen LogP contribution in [0.15, 0.2) is 42.6 Å². The normalized spacial score (nSPS) is 15.1. The third-order valence-corrected chi connectivity index (χ3v) is 5.68. The molecule has 2 aromatic heterocycles. The Morgan fingerprint density at radius 3 is 2.48 bits per heavy atom. The van der Waals surface area contributed by atoms with E-state index in [-0.39, 0.29) is 18.1 Å². The summed E-state index contributed by atoms with van der Waals surface area (Å²) < 4.78 is 31.0. The minimum Gasteiger partial charge on any atom is -0.435 e. The zero-order valence-corrected chi connectivity index (χ0v) is 17.7. The van der Waals surface area contributed by atoms with Gasteiger partial charge >= 0.3 is 6.61 Å². The number of piperazine rings is 1. The van der Waals surface area contributed by atoms with Crippen LogP contribution in [0.2, 0.25) is 0 Å². The average Bonchev–Trinajstić information content (AvgIpc) is 3.03. The number of halogens is 2. The molecule has 1 aliphatic rings. The fourth-order valence-electron chi connectivity index (χ4n) is 3.95. The summed E-state index contributed by atoms with van der Waals surface area (Å²) in [6, 6.07) is 10.4. The van der Waals surface area contributed by atoms with Crippen molar-refractivity contribution in [1.82, 2.24) is 19.2 Å².